The zero-order valence-corrected chi connectivity index (χ0v) is 40.4. The number of phosphoric ester groups is 1. The van der Waals surface area contributed by atoms with Gasteiger partial charge in [-0.3, -0.25) is 18.6 Å². The van der Waals surface area contributed by atoms with E-state index in [4.69, 9.17) is 23.6 Å². The molecular formula is C52H89O10P. The summed E-state index contributed by atoms with van der Waals surface area (Å²) in [5, 5.41) is 18.4. The predicted octanol–water partition coefficient (Wildman–Crippen LogP) is 13.8. The van der Waals surface area contributed by atoms with E-state index in [0.717, 1.165) is 96.3 Å². The van der Waals surface area contributed by atoms with Gasteiger partial charge in [0.1, 0.15) is 12.7 Å². The molecule has 10 nitrogen and oxygen atoms in total. The number of carbonyl (C=O) groups excluding carboxylic acids is 2. The Hall–Kier alpha value is -2.85. The highest BCUT2D eigenvalue weighted by Crippen LogP contribution is 2.43. The highest BCUT2D eigenvalue weighted by Gasteiger charge is 2.27. The van der Waals surface area contributed by atoms with Crippen molar-refractivity contribution in [3.8, 4) is 0 Å². The summed E-state index contributed by atoms with van der Waals surface area (Å²) < 4.78 is 32.8. The number of unbranched alkanes of at least 4 members (excludes halogenated alkanes) is 17. The van der Waals surface area contributed by atoms with Gasteiger partial charge in [0.25, 0.3) is 0 Å². The zero-order chi connectivity index (χ0) is 46.2. The maximum Gasteiger partial charge on any atom is 0.472 e. The number of phosphoric acid groups is 1. The van der Waals surface area contributed by atoms with Crippen LogP contribution in [-0.4, -0.2) is 65.7 Å². The van der Waals surface area contributed by atoms with Crippen molar-refractivity contribution in [2.45, 2.75) is 206 Å². The third-order valence-corrected chi connectivity index (χ3v) is 11.0. The van der Waals surface area contributed by atoms with E-state index in [1.54, 1.807) is 0 Å². The second-order valence-corrected chi connectivity index (χ2v) is 17.5. The molecule has 0 aliphatic carbocycles. The minimum atomic E-state index is -4.63. The summed E-state index contributed by atoms with van der Waals surface area (Å²) in [7, 11) is -4.63. The van der Waals surface area contributed by atoms with E-state index in [0.29, 0.717) is 12.8 Å². The van der Waals surface area contributed by atoms with Crippen LogP contribution >= 0.6 is 7.82 Å². The van der Waals surface area contributed by atoms with E-state index in [2.05, 4.69) is 98.9 Å². The van der Waals surface area contributed by atoms with Crippen molar-refractivity contribution in [2.24, 2.45) is 0 Å². The summed E-state index contributed by atoms with van der Waals surface area (Å²) in [6, 6.07) is 0. The Kier molecular flexibility index (Phi) is 45.0. The van der Waals surface area contributed by atoms with Crippen molar-refractivity contribution in [3.05, 3.63) is 85.1 Å². The Balaban J connectivity index is 4.23. The number of carbonyl (C=O) groups is 2. The molecule has 0 aromatic carbocycles. The average Bonchev–Trinajstić information content (AvgIpc) is 3.27. The molecule has 0 spiro atoms. The molecule has 11 heteroatoms. The third-order valence-electron chi connectivity index (χ3n) is 10.0. The second kappa shape index (κ2) is 47.1. The molecule has 0 aliphatic heterocycles. The molecular weight excluding hydrogens is 816 g/mol. The van der Waals surface area contributed by atoms with Gasteiger partial charge in [-0.2, -0.15) is 0 Å². The van der Waals surface area contributed by atoms with Crippen LogP contribution in [0.25, 0.3) is 0 Å². The van der Waals surface area contributed by atoms with Gasteiger partial charge < -0.3 is 24.6 Å². The van der Waals surface area contributed by atoms with Crippen molar-refractivity contribution in [3.63, 3.8) is 0 Å². The van der Waals surface area contributed by atoms with Crippen LogP contribution in [0.1, 0.15) is 194 Å². The molecule has 3 atom stereocenters. The Bertz CT molecular complexity index is 1320. The van der Waals surface area contributed by atoms with E-state index in [9.17, 15) is 24.2 Å². The Labute approximate surface area is 383 Å². The molecule has 0 aromatic heterocycles. The minimum Gasteiger partial charge on any atom is -0.462 e. The van der Waals surface area contributed by atoms with Crippen molar-refractivity contribution < 1.29 is 47.8 Å². The standard InChI is InChI=1S/C52H89O10P/c1-3-5-7-9-11-13-15-17-19-21-22-23-24-25-26-28-30-32-34-36-38-40-42-44-52(56)62-50(48-61-63(57,58)60-46-49(54)45-53)47-59-51(55)43-41-39-37-35-33-31-29-27-20-18-16-14-12-10-8-6-4-2/h5-8,11-14,17-20,22-23,49-50,53-54H,3-4,9-10,15-16,21,24-48H2,1-2H3,(H,57,58)/b7-5-,8-6-,13-11-,14-12-,19-17-,20-18-,23-22-. The predicted molar refractivity (Wildman–Crippen MR) is 260 cm³/mol. The van der Waals surface area contributed by atoms with Gasteiger partial charge in [0.05, 0.1) is 19.8 Å². The second-order valence-electron chi connectivity index (χ2n) is 16.1. The molecule has 63 heavy (non-hydrogen) atoms. The summed E-state index contributed by atoms with van der Waals surface area (Å²) in [4.78, 5) is 35.2. The lowest BCUT2D eigenvalue weighted by Gasteiger charge is -2.20. The first-order valence-electron chi connectivity index (χ1n) is 24.5. The molecule has 0 rings (SSSR count). The number of hydrogen-bond acceptors (Lipinski definition) is 9. The van der Waals surface area contributed by atoms with E-state index >= 15 is 0 Å². The largest absolute Gasteiger partial charge is 0.472 e. The maximum absolute atomic E-state index is 12.7. The van der Waals surface area contributed by atoms with Gasteiger partial charge in [-0.15, -0.1) is 0 Å². The number of aliphatic hydroxyl groups excluding tert-OH is 2. The van der Waals surface area contributed by atoms with Crippen molar-refractivity contribution in [1.82, 2.24) is 0 Å². The number of allylic oxidation sites excluding steroid dienone is 14. The summed E-state index contributed by atoms with van der Waals surface area (Å²) in [5.74, 6) is -0.944. The van der Waals surface area contributed by atoms with Gasteiger partial charge in [0, 0.05) is 12.8 Å². The van der Waals surface area contributed by atoms with E-state index in [1.807, 2.05) is 0 Å². The number of esters is 2. The van der Waals surface area contributed by atoms with E-state index in [-0.39, 0.29) is 19.4 Å². The number of rotatable bonds is 45. The van der Waals surface area contributed by atoms with Crippen LogP contribution in [0, 0.1) is 0 Å². The fourth-order valence-electron chi connectivity index (χ4n) is 6.35. The van der Waals surface area contributed by atoms with E-state index in [1.165, 1.54) is 57.8 Å². The summed E-state index contributed by atoms with van der Waals surface area (Å²) in [6.07, 6.45) is 56.9. The zero-order valence-electron chi connectivity index (χ0n) is 39.5. The van der Waals surface area contributed by atoms with Crippen LogP contribution in [0.4, 0.5) is 0 Å². The normalized spacial score (nSPS) is 14.4. The SMILES string of the molecule is CC/C=C\C/C=C\C/C=C\C/C=C\CCCCCCCCCCCCC(=O)OC(COC(=O)CCCCCCCCC/C=C\C/C=C\C/C=C\CC)COP(=O)(O)OCC(O)CO. The number of hydrogen-bond donors (Lipinski definition) is 3. The van der Waals surface area contributed by atoms with Gasteiger partial charge in [-0.25, -0.2) is 4.57 Å². The molecule has 0 aliphatic rings. The highest BCUT2D eigenvalue weighted by atomic mass is 31.2. The van der Waals surface area contributed by atoms with Crippen LogP contribution < -0.4 is 0 Å². The number of aliphatic hydroxyl groups is 2. The van der Waals surface area contributed by atoms with Crippen LogP contribution in [0.5, 0.6) is 0 Å². The van der Waals surface area contributed by atoms with Crippen LogP contribution in [0.15, 0.2) is 85.1 Å². The molecule has 0 bridgehead atoms. The minimum absolute atomic E-state index is 0.172. The quantitative estimate of drug-likeness (QED) is 0.0233. The average molecular weight is 905 g/mol. The molecule has 0 saturated carbocycles. The first kappa shape index (κ1) is 60.2. The van der Waals surface area contributed by atoms with E-state index < -0.39 is 51.8 Å². The van der Waals surface area contributed by atoms with Gasteiger partial charge in [0.15, 0.2) is 6.10 Å². The Morgan fingerprint density at radius 1 is 0.476 bits per heavy atom. The molecule has 0 fully saturated rings. The lowest BCUT2D eigenvalue weighted by Crippen LogP contribution is -2.29. The van der Waals surface area contributed by atoms with Crippen molar-refractivity contribution in [1.29, 1.82) is 0 Å². The van der Waals surface area contributed by atoms with Crippen molar-refractivity contribution >= 4 is 19.8 Å². The Morgan fingerprint density at radius 2 is 0.825 bits per heavy atom. The molecule has 0 saturated heterocycles. The monoisotopic (exact) mass is 905 g/mol. The lowest BCUT2D eigenvalue weighted by molar-refractivity contribution is -0.161. The molecule has 362 valence electrons. The summed E-state index contributed by atoms with van der Waals surface area (Å²) in [5.41, 5.74) is 0. The van der Waals surface area contributed by atoms with Gasteiger partial charge in [-0.1, -0.05) is 182 Å². The lowest BCUT2D eigenvalue weighted by atomic mass is 10.0. The summed E-state index contributed by atoms with van der Waals surface area (Å²) >= 11 is 0. The Morgan fingerprint density at radius 3 is 1.24 bits per heavy atom. The van der Waals surface area contributed by atoms with Gasteiger partial charge in [-0.05, 0) is 83.5 Å². The smallest absolute Gasteiger partial charge is 0.462 e. The maximum atomic E-state index is 12.7. The fourth-order valence-corrected chi connectivity index (χ4v) is 7.14. The molecule has 0 heterocycles. The first-order chi connectivity index (χ1) is 30.7. The fraction of sp³-hybridized carbons (Fsp3) is 0.692. The number of ether oxygens (including phenoxy) is 2. The van der Waals surface area contributed by atoms with Crippen LogP contribution in [0.2, 0.25) is 0 Å². The summed E-state index contributed by atoms with van der Waals surface area (Å²) in [6.45, 7) is 2.15. The van der Waals surface area contributed by atoms with Gasteiger partial charge in [0.2, 0.25) is 0 Å². The topological polar surface area (TPSA) is 149 Å². The first-order valence-corrected chi connectivity index (χ1v) is 26.0. The van der Waals surface area contributed by atoms with Crippen LogP contribution in [0.3, 0.4) is 0 Å². The van der Waals surface area contributed by atoms with Gasteiger partial charge >= 0.3 is 19.8 Å². The highest BCUT2D eigenvalue weighted by molar-refractivity contribution is 7.47. The molecule has 0 radical (unpaired) electrons. The molecule has 3 unspecified atom stereocenters. The third kappa shape index (κ3) is 46.9. The molecule has 0 aromatic rings. The van der Waals surface area contributed by atoms with Crippen LogP contribution in [-0.2, 0) is 32.7 Å². The molecule has 0 amide bonds. The molecule has 3 N–H and O–H groups in total. The van der Waals surface area contributed by atoms with Crippen molar-refractivity contribution in [2.75, 3.05) is 26.4 Å².